The SMILES string of the molecule is Cc1ccccc1-c1noc(CCNC(=O)c2ccc(F)cc2)n1. The van der Waals surface area contributed by atoms with Crippen LogP contribution in [-0.4, -0.2) is 22.6 Å². The van der Waals surface area contributed by atoms with Crippen molar-refractivity contribution >= 4 is 5.91 Å². The molecule has 0 fully saturated rings. The van der Waals surface area contributed by atoms with E-state index in [2.05, 4.69) is 15.5 Å². The topological polar surface area (TPSA) is 68.0 Å². The fraction of sp³-hybridized carbons (Fsp3) is 0.167. The Labute approximate surface area is 138 Å². The predicted octanol–water partition coefficient (Wildman–Crippen LogP) is 3.16. The second-order valence-electron chi connectivity index (χ2n) is 5.34. The van der Waals surface area contributed by atoms with Crippen molar-refractivity contribution in [3.8, 4) is 11.4 Å². The number of carbonyl (C=O) groups is 1. The van der Waals surface area contributed by atoms with E-state index >= 15 is 0 Å². The number of rotatable bonds is 5. The van der Waals surface area contributed by atoms with Crippen LogP contribution in [0.15, 0.2) is 53.1 Å². The van der Waals surface area contributed by atoms with Gasteiger partial charge in [0, 0.05) is 24.1 Å². The molecule has 1 heterocycles. The van der Waals surface area contributed by atoms with Gasteiger partial charge in [0.2, 0.25) is 11.7 Å². The van der Waals surface area contributed by atoms with Gasteiger partial charge in [-0.25, -0.2) is 4.39 Å². The zero-order valence-corrected chi connectivity index (χ0v) is 13.1. The molecule has 0 spiro atoms. The lowest BCUT2D eigenvalue weighted by atomic mass is 10.1. The molecule has 5 nitrogen and oxygen atoms in total. The van der Waals surface area contributed by atoms with Crippen molar-refractivity contribution in [3.05, 3.63) is 71.4 Å². The first-order chi connectivity index (χ1) is 11.6. The Morgan fingerprint density at radius 1 is 1.17 bits per heavy atom. The molecule has 122 valence electrons. The smallest absolute Gasteiger partial charge is 0.251 e. The number of aryl methyl sites for hydroxylation is 1. The lowest BCUT2D eigenvalue weighted by Gasteiger charge is -2.03. The van der Waals surface area contributed by atoms with Gasteiger partial charge in [-0.05, 0) is 36.8 Å². The maximum Gasteiger partial charge on any atom is 0.251 e. The fourth-order valence-corrected chi connectivity index (χ4v) is 2.28. The molecule has 1 N–H and O–H groups in total. The number of carbonyl (C=O) groups excluding carboxylic acids is 1. The van der Waals surface area contributed by atoms with E-state index in [-0.39, 0.29) is 11.7 Å². The van der Waals surface area contributed by atoms with Crippen molar-refractivity contribution in [1.82, 2.24) is 15.5 Å². The number of nitrogens with one attached hydrogen (secondary N) is 1. The summed E-state index contributed by atoms with van der Waals surface area (Å²) in [5.41, 5.74) is 2.39. The van der Waals surface area contributed by atoms with Gasteiger partial charge in [-0.15, -0.1) is 0 Å². The fourth-order valence-electron chi connectivity index (χ4n) is 2.28. The summed E-state index contributed by atoms with van der Waals surface area (Å²) >= 11 is 0. The van der Waals surface area contributed by atoms with E-state index in [4.69, 9.17) is 4.52 Å². The maximum atomic E-state index is 12.8. The Morgan fingerprint density at radius 2 is 1.92 bits per heavy atom. The first-order valence-corrected chi connectivity index (χ1v) is 7.56. The van der Waals surface area contributed by atoms with Gasteiger partial charge in [0.1, 0.15) is 5.82 Å². The minimum atomic E-state index is -0.374. The zero-order valence-electron chi connectivity index (χ0n) is 13.1. The van der Waals surface area contributed by atoms with E-state index in [0.717, 1.165) is 11.1 Å². The number of halogens is 1. The lowest BCUT2D eigenvalue weighted by Crippen LogP contribution is -2.25. The van der Waals surface area contributed by atoms with Crippen LogP contribution in [0.2, 0.25) is 0 Å². The summed E-state index contributed by atoms with van der Waals surface area (Å²) in [5, 5.41) is 6.71. The molecule has 0 atom stereocenters. The highest BCUT2D eigenvalue weighted by molar-refractivity contribution is 5.94. The summed E-state index contributed by atoms with van der Waals surface area (Å²) in [7, 11) is 0. The molecule has 0 aliphatic carbocycles. The number of aromatic nitrogens is 2. The standard InChI is InChI=1S/C18H16FN3O2/c1-12-4-2-3-5-15(12)17-21-16(24-22-17)10-11-20-18(23)13-6-8-14(19)9-7-13/h2-9H,10-11H2,1H3,(H,20,23). The van der Waals surface area contributed by atoms with E-state index in [0.29, 0.717) is 30.2 Å². The average molecular weight is 325 g/mol. The quantitative estimate of drug-likeness (QED) is 0.782. The molecule has 3 aromatic rings. The summed E-state index contributed by atoms with van der Waals surface area (Å²) in [6, 6.07) is 13.2. The minimum absolute atomic E-state index is 0.270. The summed E-state index contributed by atoms with van der Waals surface area (Å²) < 4.78 is 18.1. The zero-order chi connectivity index (χ0) is 16.9. The van der Waals surface area contributed by atoms with Crippen LogP contribution in [0.1, 0.15) is 21.8 Å². The average Bonchev–Trinajstić information content (AvgIpc) is 3.04. The third-order valence-corrected chi connectivity index (χ3v) is 3.58. The summed E-state index contributed by atoms with van der Waals surface area (Å²) in [4.78, 5) is 16.3. The molecule has 24 heavy (non-hydrogen) atoms. The Kier molecular flexibility index (Phi) is 4.65. The van der Waals surface area contributed by atoms with Crippen LogP contribution in [0, 0.1) is 12.7 Å². The first-order valence-electron chi connectivity index (χ1n) is 7.56. The van der Waals surface area contributed by atoms with E-state index in [1.54, 1.807) is 0 Å². The Bertz CT molecular complexity index is 843. The molecule has 6 heteroatoms. The first kappa shape index (κ1) is 15.9. The van der Waals surface area contributed by atoms with Crippen molar-refractivity contribution in [2.24, 2.45) is 0 Å². The molecule has 2 aromatic carbocycles. The van der Waals surface area contributed by atoms with Crippen LogP contribution >= 0.6 is 0 Å². The van der Waals surface area contributed by atoms with Crippen molar-refractivity contribution in [2.45, 2.75) is 13.3 Å². The van der Waals surface area contributed by atoms with Gasteiger partial charge in [0.15, 0.2) is 0 Å². The van der Waals surface area contributed by atoms with Crippen molar-refractivity contribution < 1.29 is 13.7 Å². The monoisotopic (exact) mass is 325 g/mol. The molecule has 1 amide bonds. The Morgan fingerprint density at radius 3 is 2.67 bits per heavy atom. The number of benzene rings is 2. The third kappa shape index (κ3) is 3.65. The van der Waals surface area contributed by atoms with E-state index in [9.17, 15) is 9.18 Å². The number of amides is 1. The minimum Gasteiger partial charge on any atom is -0.352 e. The molecular formula is C18H16FN3O2. The second-order valence-corrected chi connectivity index (χ2v) is 5.34. The van der Waals surface area contributed by atoms with Crippen LogP contribution in [0.25, 0.3) is 11.4 Å². The van der Waals surface area contributed by atoms with Gasteiger partial charge in [0.25, 0.3) is 5.91 Å². The van der Waals surface area contributed by atoms with Gasteiger partial charge < -0.3 is 9.84 Å². The van der Waals surface area contributed by atoms with Crippen LogP contribution in [0.3, 0.4) is 0 Å². The molecule has 3 rings (SSSR count). The van der Waals surface area contributed by atoms with E-state index in [1.807, 2.05) is 31.2 Å². The normalized spacial score (nSPS) is 10.6. The third-order valence-electron chi connectivity index (χ3n) is 3.58. The van der Waals surface area contributed by atoms with Gasteiger partial charge in [-0.3, -0.25) is 4.79 Å². The molecule has 0 unspecified atom stereocenters. The number of hydrogen-bond donors (Lipinski definition) is 1. The van der Waals surface area contributed by atoms with Crippen LogP contribution < -0.4 is 5.32 Å². The Hall–Kier alpha value is -3.02. The second kappa shape index (κ2) is 7.04. The van der Waals surface area contributed by atoms with Crippen LogP contribution in [0.4, 0.5) is 4.39 Å². The molecule has 0 radical (unpaired) electrons. The summed E-state index contributed by atoms with van der Waals surface area (Å²) in [6.45, 7) is 2.33. The van der Waals surface area contributed by atoms with E-state index in [1.165, 1.54) is 24.3 Å². The van der Waals surface area contributed by atoms with Gasteiger partial charge in [0.05, 0.1) is 0 Å². The highest BCUT2D eigenvalue weighted by Crippen LogP contribution is 2.19. The maximum absolute atomic E-state index is 12.8. The number of nitrogens with zero attached hydrogens (tertiary/aromatic N) is 2. The largest absolute Gasteiger partial charge is 0.352 e. The molecule has 0 aliphatic heterocycles. The van der Waals surface area contributed by atoms with Crippen molar-refractivity contribution in [3.63, 3.8) is 0 Å². The Balaban J connectivity index is 1.57. The van der Waals surface area contributed by atoms with Gasteiger partial charge in [-0.1, -0.05) is 29.4 Å². The number of hydrogen-bond acceptors (Lipinski definition) is 4. The van der Waals surface area contributed by atoms with Gasteiger partial charge in [-0.2, -0.15) is 4.98 Å². The van der Waals surface area contributed by atoms with Gasteiger partial charge >= 0.3 is 0 Å². The molecule has 0 bridgehead atoms. The summed E-state index contributed by atoms with van der Waals surface area (Å²) in [6.07, 6.45) is 0.422. The predicted molar refractivity (Wildman–Crippen MR) is 86.9 cm³/mol. The van der Waals surface area contributed by atoms with Crippen molar-refractivity contribution in [1.29, 1.82) is 0 Å². The molecular weight excluding hydrogens is 309 g/mol. The highest BCUT2D eigenvalue weighted by Gasteiger charge is 2.11. The van der Waals surface area contributed by atoms with Crippen molar-refractivity contribution in [2.75, 3.05) is 6.54 Å². The van der Waals surface area contributed by atoms with E-state index < -0.39 is 0 Å². The van der Waals surface area contributed by atoms with Crippen LogP contribution in [0.5, 0.6) is 0 Å². The molecule has 0 aliphatic rings. The molecule has 0 saturated heterocycles. The lowest BCUT2D eigenvalue weighted by molar-refractivity contribution is 0.0953. The molecule has 1 aromatic heterocycles. The molecule has 0 saturated carbocycles. The van der Waals surface area contributed by atoms with Crippen LogP contribution in [-0.2, 0) is 6.42 Å². The summed E-state index contributed by atoms with van der Waals surface area (Å²) in [5.74, 6) is 0.343. The highest BCUT2D eigenvalue weighted by atomic mass is 19.1.